The van der Waals surface area contributed by atoms with Crippen LogP contribution >= 0.6 is 0 Å². The molecule has 0 saturated carbocycles. The number of hydrogen-bond acceptors (Lipinski definition) is 5. The average Bonchev–Trinajstić information content (AvgIpc) is 3.41. The molecule has 0 radical (unpaired) electrons. The Morgan fingerprint density at radius 3 is 2.63 bits per heavy atom. The van der Waals surface area contributed by atoms with Crippen LogP contribution in [-0.4, -0.2) is 59.5 Å². The van der Waals surface area contributed by atoms with Crippen molar-refractivity contribution in [2.45, 2.75) is 30.7 Å². The standard InChI is InChI=1S/C23H22N2O5/c1-29-22(28)17-9-5-8-16(12-17)21(27)24-11-10-23-19(24)13-20(26)25(23)14-18(30-23)15-6-3-2-4-7-15/h2-9,12,18-19H,10-11,13-14H2,1H3/t18-,19-,23+/m1/s1. The molecule has 0 aromatic heterocycles. The van der Waals surface area contributed by atoms with Crippen molar-refractivity contribution in [3.63, 3.8) is 0 Å². The van der Waals surface area contributed by atoms with Gasteiger partial charge in [0.15, 0.2) is 5.72 Å². The van der Waals surface area contributed by atoms with Crippen LogP contribution in [0.15, 0.2) is 54.6 Å². The fourth-order valence-electron chi connectivity index (χ4n) is 4.97. The van der Waals surface area contributed by atoms with E-state index in [9.17, 15) is 14.4 Å². The summed E-state index contributed by atoms with van der Waals surface area (Å²) in [6.07, 6.45) is 0.634. The summed E-state index contributed by atoms with van der Waals surface area (Å²) < 4.78 is 11.2. The van der Waals surface area contributed by atoms with E-state index in [0.29, 0.717) is 30.6 Å². The molecule has 0 aliphatic carbocycles. The molecular weight excluding hydrogens is 384 g/mol. The van der Waals surface area contributed by atoms with Gasteiger partial charge in [-0.2, -0.15) is 0 Å². The van der Waals surface area contributed by atoms with Gasteiger partial charge in [-0.25, -0.2) is 4.79 Å². The highest BCUT2D eigenvalue weighted by atomic mass is 16.5. The molecule has 2 amide bonds. The Labute approximate surface area is 174 Å². The minimum absolute atomic E-state index is 0.0132. The fraction of sp³-hybridized carbons (Fsp3) is 0.348. The van der Waals surface area contributed by atoms with Gasteiger partial charge in [-0.3, -0.25) is 9.59 Å². The maximum Gasteiger partial charge on any atom is 0.337 e. The Balaban J connectivity index is 1.42. The van der Waals surface area contributed by atoms with Gasteiger partial charge in [-0.1, -0.05) is 36.4 Å². The highest BCUT2D eigenvalue weighted by molar-refractivity contribution is 5.99. The molecule has 7 heteroatoms. The fourth-order valence-corrected chi connectivity index (χ4v) is 4.97. The molecule has 3 heterocycles. The molecule has 0 unspecified atom stereocenters. The monoisotopic (exact) mass is 406 g/mol. The van der Waals surface area contributed by atoms with Crippen LogP contribution in [0, 0.1) is 0 Å². The van der Waals surface area contributed by atoms with Crippen molar-refractivity contribution in [2.24, 2.45) is 0 Å². The van der Waals surface area contributed by atoms with Crippen LogP contribution in [0.3, 0.4) is 0 Å². The van der Waals surface area contributed by atoms with E-state index in [4.69, 9.17) is 9.47 Å². The molecular formula is C23H22N2O5. The largest absolute Gasteiger partial charge is 0.465 e. The first-order chi connectivity index (χ1) is 14.5. The number of rotatable bonds is 3. The van der Waals surface area contributed by atoms with Gasteiger partial charge in [-0.15, -0.1) is 0 Å². The molecule has 5 rings (SSSR count). The first kappa shape index (κ1) is 18.8. The summed E-state index contributed by atoms with van der Waals surface area (Å²) in [5, 5.41) is 0. The summed E-state index contributed by atoms with van der Waals surface area (Å²) in [4.78, 5) is 41.4. The van der Waals surface area contributed by atoms with E-state index in [2.05, 4.69) is 0 Å². The molecule has 3 atom stereocenters. The lowest BCUT2D eigenvalue weighted by molar-refractivity contribution is -0.138. The summed E-state index contributed by atoms with van der Waals surface area (Å²) >= 11 is 0. The maximum atomic E-state index is 13.3. The van der Waals surface area contributed by atoms with Gasteiger partial charge in [0.1, 0.15) is 6.10 Å². The molecule has 1 spiro atoms. The zero-order chi connectivity index (χ0) is 20.9. The summed E-state index contributed by atoms with van der Waals surface area (Å²) in [5.74, 6) is -0.683. The molecule has 2 aromatic carbocycles. The van der Waals surface area contributed by atoms with E-state index >= 15 is 0 Å². The lowest BCUT2D eigenvalue weighted by atomic mass is 10.0. The number of amides is 2. The van der Waals surface area contributed by atoms with Crippen molar-refractivity contribution in [3.05, 3.63) is 71.3 Å². The van der Waals surface area contributed by atoms with Gasteiger partial charge in [0.2, 0.25) is 5.91 Å². The van der Waals surface area contributed by atoms with Gasteiger partial charge in [-0.05, 0) is 23.8 Å². The van der Waals surface area contributed by atoms with E-state index in [1.165, 1.54) is 13.2 Å². The third kappa shape index (κ3) is 2.73. The van der Waals surface area contributed by atoms with Gasteiger partial charge < -0.3 is 19.3 Å². The zero-order valence-electron chi connectivity index (χ0n) is 16.6. The smallest absolute Gasteiger partial charge is 0.337 e. The second kappa shape index (κ2) is 6.95. The Kier molecular flexibility index (Phi) is 4.36. The van der Waals surface area contributed by atoms with Gasteiger partial charge >= 0.3 is 5.97 Å². The van der Waals surface area contributed by atoms with Crippen LogP contribution in [0.4, 0.5) is 0 Å². The van der Waals surface area contributed by atoms with E-state index in [1.807, 2.05) is 35.2 Å². The molecule has 3 aliphatic rings. The van der Waals surface area contributed by atoms with Crippen molar-refractivity contribution >= 4 is 17.8 Å². The minimum atomic E-state index is -0.771. The summed E-state index contributed by atoms with van der Waals surface area (Å²) in [5.41, 5.74) is 0.984. The summed E-state index contributed by atoms with van der Waals surface area (Å²) in [7, 11) is 1.31. The topological polar surface area (TPSA) is 76.2 Å². The van der Waals surface area contributed by atoms with Crippen molar-refractivity contribution < 1.29 is 23.9 Å². The molecule has 2 aromatic rings. The van der Waals surface area contributed by atoms with Crippen LogP contribution in [0.25, 0.3) is 0 Å². The third-order valence-electron chi connectivity index (χ3n) is 6.39. The quantitative estimate of drug-likeness (QED) is 0.732. The number of carbonyl (C=O) groups is 3. The van der Waals surface area contributed by atoms with Crippen molar-refractivity contribution in [1.82, 2.24) is 9.80 Å². The van der Waals surface area contributed by atoms with E-state index in [1.54, 1.807) is 23.1 Å². The van der Waals surface area contributed by atoms with Crippen LogP contribution in [0.1, 0.15) is 45.2 Å². The highest BCUT2D eigenvalue weighted by Gasteiger charge is 2.65. The Bertz CT molecular complexity index is 1020. The molecule has 0 bridgehead atoms. The predicted molar refractivity (Wildman–Crippen MR) is 107 cm³/mol. The van der Waals surface area contributed by atoms with Crippen LogP contribution in [-0.2, 0) is 14.3 Å². The molecule has 3 saturated heterocycles. The minimum Gasteiger partial charge on any atom is -0.465 e. The van der Waals surface area contributed by atoms with Crippen LogP contribution in [0.5, 0.6) is 0 Å². The molecule has 0 N–H and O–H groups in total. The normalized spacial score (nSPS) is 27.2. The maximum absolute atomic E-state index is 13.3. The number of likely N-dealkylation sites (tertiary alicyclic amines) is 1. The molecule has 3 fully saturated rings. The van der Waals surface area contributed by atoms with E-state index < -0.39 is 11.7 Å². The highest BCUT2D eigenvalue weighted by Crippen LogP contribution is 2.50. The van der Waals surface area contributed by atoms with Crippen molar-refractivity contribution in [2.75, 3.05) is 20.2 Å². The number of benzene rings is 2. The van der Waals surface area contributed by atoms with Gasteiger partial charge in [0.05, 0.1) is 31.7 Å². The second-order valence-corrected chi connectivity index (χ2v) is 7.91. The number of hydrogen-bond donors (Lipinski definition) is 0. The van der Waals surface area contributed by atoms with E-state index in [-0.39, 0.29) is 30.4 Å². The van der Waals surface area contributed by atoms with Crippen LogP contribution in [0.2, 0.25) is 0 Å². The SMILES string of the molecule is COC(=O)c1cccc(C(=O)N2CC[C@@]34O[C@@H](c5ccccc5)CN3C(=O)C[C@@H]24)c1. The first-order valence-corrected chi connectivity index (χ1v) is 10.1. The lowest BCUT2D eigenvalue weighted by Crippen LogP contribution is -2.48. The first-order valence-electron chi connectivity index (χ1n) is 10.1. The molecule has 154 valence electrons. The van der Waals surface area contributed by atoms with E-state index in [0.717, 1.165) is 5.56 Å². The number of ether oxygens (including phenoxy) is 2. The predicted octanol–water partition coefficient (Wildman–Crippen LogP) is 2.39. The van der Waals surface area contributed by atoms with Crippen molar-refractivity contribution in [3.8, 4) is 0 Å². The third-order valence-corrected chi connectivity index (χ3v) is 6.39. The Hall–Kier alpha value is -3.19. The average molecular weight is 406 g/mol. The Morgan fingerprint density at radius 1 is 1.10 bits per heavy atom. The molecule has 30 heavy (non-hydrogen) atoms. The Morgan fingerprint density at radius 2 is 1.87 bits per heavy atom. The molecule has 3 aliphatic heterocycles. The lowest BCUT2D eigenvalue weighted by Gasteiger charge is -2.32. The second-order valence-electron chi connectivity index (χ2n) is 7.91. The van der Waals surface area contributed by atoms with Crippen LogP contribution < -0.4 is 0 Å². The number of esters is 1. The van der Waals surface area contributed by atoms with Gasteiger partial charge in [0.25, 0.3) is 5.91 Å². The number of methoxy groups -OCH3 is 1. The van der Waals surface area contributed by atoms with Gasteiger partial charge in [0, 0.05) is 18.5 Å². The zero-order valence-corrected chi connectivity index (χ0v) is 16.6. The summed E-state index contributed by atoms with van der Waals surface area (Å²) in [6.45, 7) is 0.996. The number of carbonyl (C=O) groups excluding carboxylic acids is 3. The van der Waals surface area contributed by atoms with Crippen molar-refractivity contribution in [1.29, 1.82) is 0 Å². The molecule has 7 nitrogen and oxygen atoms in total. The number of nitrogens with zero attached hydrogens (tertiary/aromatic N) is 2. The summed E-state index contributed by atoms with van der Waals surface area (Å²) in [6, 6.07) is 16.0.